The molecule has 1 aromatic carbocycles. The number of carboxylic acid groups (broad SMARTS) is 1. The zero-order valence-electron chi connectivity index (χ0n) is 10.4. The van der Waals surface area contributed by atoms with Crippen molar-refractivity contribution in [2.24, 2.45) is 0 Å². The van der Waals surface area contributed by atoms with Gasteiger partial charge in [-0.05, 0) is 18.9 Å². The van der Waals surface area contributed by atoms with Crippen molar-refractivity contribution in [3.05, 3.63) is 38.7 Å². The zero-order valence-corrected chi connectivity index (χ0v) is 11.2. The van der Waals surface area contributed by atoms with Crippen LogP contribution in [0.25, 0.3) is 11.0 Å². The molecule has 0 bridgehead atoms. The van der Waals surface area contributed by atoms with E-state index >= 15 is 0 Å². The smallest absolute Gasteiger partial charge is 0.341 e. The number of carboxylic acids is 1. The van der Waals surface area contributed by atoms with Crippen LogP contribution < -0.4 is 10.2 Å². The first-order chi connectivity index (χ1) is 9.56. The molecule has 0 saturated heterocycles. The van der Waals surface area contributed by atoms with Gasteiger partial charge in [-0.15, -0.1) is 0 Å². The van der Waals surface area contributed by atoms with E-state index in [4.69, 9.17) is 25.9 Å². The van der Waals surface area contributed by atoms with Gasteiger partial charge < -0.3 is 14.3 Å². The lowest BCUT2D eigenvalue weighted by Crippen LogP contribution is -2.11. The molecule has 0 fully saturated rings. The number of carbonyl (C=O) groups is 1. The van der Waals surface area contributed by atoms with Gasteiger partial charge >= 0.3 is 5.97 Å². The highest BCUT2D eigenvalue weighted by molar-refractivity contribution is 6.32. The molecule has 0 aliphatic heterocycles. The number of rotatable bonds is 3. The summed E-state index contributed by atoms with van der Waals surface area (Å²) in [6, 6.07) is 2.94. The molecular weight excluding hydrogens is 284 g/mol. The van der Waals surface area contributed by atoms with Crippen molar-refractivity contribution in [2.75, 3.05) is 6.61 Å². The Labute approximate surface area is 118 Å². The molecule has 0 amide bonds. The SMILES string of the molecule is O=C(O)COc1cc2oc3c(c(=O)c2cc1Cl)CCC3. The fraction of sp³-hybridized carbons (Fsp3) is 0.286. The molecular formula is C14H11ClO5. The number of aliphatic carboxylic acids is 1. The Morgan fingerprint density at radius 1 is 1.40 bits per heavy atom. The second-order valence-corrected chi connectivity index (χ2v) is 5.05. The lowest BCUT2D eigenvalue weighted by atomic mass is 10.1. The third-order valence-corrected chi connectivity index (χ3v) is 3.60. The van der Waals surface area contributed by atoms with Gasteiger partial charge in [0.25, 0.3) is 0 Å². The van der Waals surface area contributed by atoms with Crippen LogP contribution in [0.5, 0.6) is 5.75 Å². The molecule has 0 spiro atoms. The Morgan fingerprint density at radius 2 is 2.20 bits per heavy atom. The minimum atomic E-state index is -1.10. The average molecular weight is 295 g/mol. The lowest BCUT2D eigenvalue weighted by Gasteiger charge is -2.08. The predicted molar refractivity (Wildman–Crippen MR) is 72.6 cm³/mol. The molecule has 1 heterocycles. The largest absolute Gasteiger partial charge is 0.480 e. The van der Waals surface area contributed by atoms with E-state index in [1.807, 2.05) is 0 Å². The van der Waals surface area contributed by atoms with Crippen molar-refractivity contribution < 1.29 is 19.1 Å². The van der Waals surface area contributed by atoms with E-state index < -0.39 is 12.6 Å². The summed E-state index contributed by atoms with van der Waals surface area (Å²) < 4.78 is 10.8. The molecule has 0 radical (unpaired) electrons. The molecule has 0 unspecified atom stereocenters. The van der Waals surface area contributed by atoms with Crippen LogP contribution in [0.2, 0.25) is 5.02 Å². The summed E-state index contributed by atoms with van der Waals surface area (Å²) in [7, 11) is 0. The molecule has 2 aromatic rings. The molecule has 104 valence electrons. The van der Waals surface area contributed by atoms with Gasteiger partial charge in [-0.2, -0.15) is 0 Å². The molecule has 3 rings (SSSR count). The molecule has 1 N–H and O–H groups in total. The molecule has 0 atom stereocenters. The highest BCUT2D eigenvalue weighted by Crippen LogP contribution is 2.31. The molecule has 6 heteroatoms. The van der Waals surface area contributed by atoms with Crippen molar-refractivity contribution in [1.82, 2.24) is 0 Å². The fourth-order valence-corrected chi connectivity index (χ4v) is 2.63. The van der Waals surface area contributed by atoms with Crippen LogP contribution in [-0.2, 0) is 17.6 Å². The summed E-state index contributed by atoms with van der Waals surface area (Å²) in [5.41, 5.74) is 1.03. The van der Waals surface area contributed by atoms with E-state index in [2.05, 4.69) is 0 Å². The standard InChI is InChI=1S/C14H11ClO5/c15-9-4-8-11(5-12(9)19-6-13(16)17)20-10-3-1-2-7(10)14(8)18/h4-5H,1-3,6H2,(H,16,17). The van der Waals surface area contributed by atoms with Crippen molar-refractivity contribution >= 4 is 28.5 Å². The topological polar surface area (TPSA) is 76.7 Å². The van der Waals surface area contributed by atoms with Crippen LogP contribution in [0.1, 0.15) is 17.7 Å². The summed E-state index contributed by atoms with van der Waals surface area (Å²) in [6.45, 7) is -0.500. The number of halogens is 1. The summed E-state index contributed by atoms with van der Waals surface area (Å²) in [5, 5.41) is 9.21. The van der Waals surface area contributed by atoms with E-state index in [1.165, 1.54) is 12.1 Å². The second-order valence-electron chi connectivity index (χ2n) is 4.65. The summed E-state index contributed by atoms with van der Waals surface area (Å²) >= 11 is 6.01. The Bertz CT molecular complexity index is 762. The Hall–Kier alpha value is -2.01. The molecule has 20 heavy (non-hydrogen) atoms. The Morgan fingerprint density at radius 3 is 2.95 bits per heavy atom. The average Bonchev–Trinajstić information content (AvgIpc) is 2.86. The minimum Gasteiger partial charge on any atom is -0.480 e. The van der Waals surface area contributed by atoms with Crippen molar-refractivity contribution in [3.63, 3.8) is 0 Å². The van der Waals surface area contributed by atoms with Crippen LogP contribution in [0.15, 0.2) is 21.3 Å². The van der Waals surface area contributed by atoms with E-state index in [9.17, 15) is 9.59 Å². The molecule has 1 aliphatic rings. The van der Waals surface area contributed by atoms with E-state index in [-0.39, 0.29) is 16.2 Å². The van der Waals surface area contributed by atoms with Gasteiger partial charge in [0.15, 0.2) is 12.0 Å². The van der Waals surface area contributed by atoms with Crippen molar-refractivity contribution in [3.8, 4) is 5.75 Å². The number of hydrogen-bond acceptors (Lipinski definition) is 4. The van der Waals surface area contributed by atoms with E-state index in [0.29, 0.717) is 22.3 Å². The summed E-state index contributed by atoms with van der Waals surface area (Å²) in [4.78, 5) is 22.8. The molecule has 1 aromatic heterocycles. The monoisotopic (exact) mass is 294 g/mol. The minimum absolute atomic E-state index is 0.0644. The first kappa shape index (κ1) is 13.0. The van der Waals surface area contributed by atoms with Gasteiger partial charge in [-0.3, -0.25) is 4.79 Å². The van der Waals surface area contributed by atoms with Gasteiger partial charge in [0.1, 0.15) is 17.1 Å². The van der Waals surface area contributed by atoms with Gasteiger partial charge in [0.2, 0.25) is 0 Å². The van der Waals surface area contributed by atoms with Crippen LogP contribution in [0, 0.1) is 0 Å². The van der Waals surface area contributed by atoms with E-state index in [0.717, 1.165) is 19.3 Å². The van der Waals surface area contributed by atoms with Crippen LogP contribution >= 0.6 is 11.6 Å². The zero-order chi connectivity index (χ0) is 14.3. The highest BCUT2D eigenvalue weighted by atomic mass is 35.5. The van der Waals surface area contributed by atoms with Gasteiger partial charge in [0.05, 0.1) is 10.4 Å². The van der Waals surface area contributed by atoms with Gasteiger partial charge in [0, 0.05) is 18.1 Å². The van der Waals surface area contributed by atoms with Gasteiger partial charge in [-0.1, -0.05) is 11.6 Å². The second kappa shape index (κ2) is 4.83. The Balaban J connectivity index is 2.13. The van der Waals surface area contributed by atoms with Gasteiger partial charge in [-0.25, -0.2) is 4.79 Å². The third-order valence-electron chi connectivity index (χ3n) is 3.30. The number of aryl methyl sites for hydroxylation is 1. The lowest BCUT2D eigenvalue weighted by molar-refractivity contribution is -0.139. The van der Waals surface area contributed by atoms with Crippen LogP contribution in [0.4, 0.5) is 0 Å². The number of ether oxygens (including phenoxy) is 1. The van der Waals surface area contributed by atoms with E-state index in [1.54, 1.807) is 0 Å². The number of benzene rings is 1. The maximum atomic E-state index is 12.3. The fourth-order valence-electron chi connectivity index (χ4n) is 2.41. The number of fused-ring (bicyclic) bond motifs is 2. The van der Waals surface area contributed by atoms with Crippen LogP contribution in [-0.4, -0.2) is 17.7 Å². The quantitative estimate of drug-likeness (QED) is 0.940. The first-order valence-electron chi connectivity index (χ1n) is 6.19. The molecule has 0 saturated carbocycles. The molecule has 1 aliphatic carbocycles. The maximum Gasteiger partial charge on any atom is 0.341 e. The van der Waals surface area contributed by atoms with Crippen molar-refractivity contribution in [1.29, 1.82) is 0 Å². The van der Waals surface area contributed by atoms with Crippen LogP contribution in [0.3, 0.4) is 0 Å². The normalized spacial score (nSPS) is 13.4. The summed E-state index contributed by atoms with van der Waals surface area (Å²) in [6.07, 6.45) is 2.37. The number of hydrogen-bond donors (Lipinski definition) is 1. The van der Waals surface area contributed by atoms with Crippen molar-refractivity contribution in [2.45, 2.75) is 19.3 Å². The third kappa shape index (κ3) is 2.14. The molecule has 5 nitrogen and oxygen atoms in total. The predicted octanol–water partition coefficient (Wildman–Crippen LogP) is 2.40. The maximum absolute atomic E-state index is 12.3. The Kier molecular flexibility index (Phi) is 3.14. The summed E-state index contributed by atoms with van der Waals surface area (Å²) in [5.74, 6) is -0.201. The highest BCUT2D eigenvalue weighted by Gasteiger charge is 2.20. The first-order valence-corrected chi connectivity index (χ1v) is 6.57.